The van der Waals surface area contributed by atoms with Crippen molar-refractivity contribution in [1.82, 2.24) is 0 Å². The minimum Gasteiger partial charge on any atom is -0.161 e. The highest BCUT2D eigenvalue weighted by molar-refractivity contribution is 7.99. The molecule has 0 aromatic carbocycles. The summed E-state index contributed by atoms with van der Waals surface area (Å²) < 4.78 is 0. The SMILES string of the molecule is C[B]C(C)C(C)(/C(=C\C)CC)C(C)SC. The van der Waals surface area contributed by atoms with Gasteiger partial charge in [0.25, 0.3) is 0 Å². The van der Waals surface area contributed by atoms with Crippen LogP contribution in [0.15, 0.2) is 11.6 Å². The fraction of sp³-hybridized carbons (Fsp3) is 0.846. The van der Waals surface area contributed by atoms with Crippen LogP contribution in [0.25, 0.3) is 0 Å². The standard InChI is InChI=1S/C13H26BS/c1-8-12(9-2)13(5,10(3)14-6)11(4)15-7/h8,10-11H,9H2,1-7H3/b12-8-. The normalized spacial score (nSPS) is 20.6. The first-order valence-electron chi connectivity index (χ1n) is 5.96. The topological polar surface area (TPSA) is 0 Å². The molecule has 2 heteroatoms. The van der Waals surface area contributed by atoms with Crippen LogP contribution in [0.4, 0.5) is 0 Å². The average molecular weight is 225 g/mol. The van der Waals surface area contributed by atoms with Crippen LogP contribution in [0.3, 0.4) is 0 Å². The molecule has 3 unspecified atom stereocenters. The van der Waals surface area contributed by atoms with Gasteiger partial charge in [-0.25, -0.2) is 0 Å². The Hall–Kier alpha value is 0.155. The minimum absolute atomic E-state index is 0.303. The van der Waals surface area contributed by atoms with E-state index in [2.05, 4.69) is 61.1 Å². The maximum absolute atomic E-state index is 2.41. The molecule has 0 bridgehead atoms. The third kappa shape index (κ3) is 3.06. The molecule has 0 aliphatic rings. The fourth-order valence-electron chi connectivity index (χ4n) is 2.41. The van der Waals surface area contributed by atoms with Crippen molar-refractivity contribution in [3.63, 3.8) is 0 Å². The molecule has 0 N–H and O–H groups in total. The maximum Gasteiger partial charge on any atom is 0.110 e. The van der Waals surface area contributed by atoms with E-state index in [1.807, 2.05) is 11.8 Å². The summed E-state index contributed by atoms with van der Waals surface area (Å²) in [5, 5.41) is 0.662. The Morgan fingerprint density at radius 2 is 2.00 bits per heavy atom. The van der Waals surface area contributed by atoms with Crippen LogP contribution in [0.5, 0.6) is 0 Å². The lowest BCUT2D eigenvalue weighted by molar-refractivity contribution is 0.368. The molecule has 0 aliphatic carbocycles. The van der Waals surface area contributed by atoms with Gasteiger partial charge in [-0.15, -0.1) is 0 Å². The minimum atomic E-state index is 0.303. The van der Waals surface area contributed by atoms with Gasteiger partial charge in [0.2, 0.25) is 0 Å². The first-order valence-corrected chi connectivity index (χ1v) is 7.25. The predicted molar refractivity (Wildman–Crippen MR) is 76.2 cm³/mol. The van der Waals surface area contributed by atoms with Gasteiger partial charge in [-0.3, -0.25) is 0 Å². The van der Waals surface area contributed by atoms with E-state index in [4.69, 9.17) is 0 Å². The van der Waals surface area contributed by atoms with E-state index in [-0.39, 0.29) is 0 Å². The fourth-order valence-corrected chi connectivity index (χ4v) is 3.27. The van der Waals surface area contributed by atoms with Crippen molar-refractivity contribution in [2.24, 2.45) is 5.41 Å². The van der Waals surface area contributed by atoms with Gasteiger partial charge in [0, 0.05) is 5.25 Å². The van der Waals surface area contributed by atoms with Crippen molar-refractivity contribution in [2.75, 3.05) is 6.26 Å². The van der Waals surface area contributed by atoms with E-state index in [1.54, 1.807) is 5.57 Å². The van der Waals surface area contributed by atoms with E-state index >= 15 is 0 Å². The first kappa shape index (κ1) is 15.2. The summed E-state index contributed by atoms with van der Waals surface area (Å²) in [7, 11) is 2.34. The number of thioether (sulfide) groups is 1. The molecule has 0 amide bonds. The Morgan fingerprint density at radius 1 is 1.47 bits per heavy atom. The number of rotatable bonds is 6. The highest BCUT2D eigenvalue weighted by atomic mass is 32.2. The lowest BCUT2D eigenvalue weighted by Gasteiger charge is -2.42. The summed E-state index contributed by atoms with van der Waals surface area (Å²) in [5.74, 6) is 0.631. The van der Waals surface area contributed by atoms with Gasteiger partial charge in [-0.2, -0.15) is 11.8 Å². The van der Waals surface area contributed by atoms with Crippen molar-refractivity contribution in [3.8, 4) is 0 Å². The molecule has 0 rings (SSSR count). The number of hydrogen-bond acceptors (Lipinski definition) is 1. The van der Waals surface area contributed by atoms with Crippen molar-refractivity contribution in [1.29, 1.82) is 0 Å². The second kappa shape index (κ2) is 6.68. The van der Waals surface area contributed by atoms with Crippen LogP contribution in [0.1, 0.15) is 41.0 Å². The third-order valence-corrected chi connectivity index (χ3v) is 5.26. The van der Waals surface area contributed by atoms with E-state index in [0.717, 1.165) is 6.42 Å². The Bertz CT molecular complexity index is 201. The molecule has 1 radical (unpaired) electrons. The Balaban J connectivity index is 5.18. The summed E-state index contributed by atoms with van der Waals surface area (Å²) >= 11 is 1.97. The van der Waals surface area contributed by atoms with Crippen molar-refractivity contribution < 1.29 is 0 Å². The van der Waals surface area contributed by atoms with Gasteiger partial charge in [-0.05, 0) is 25.0 Å². The molecule has 0 fully saturated rings. The van der Waals surface area contributed by atoms with Gasteiger partial charge in [0.15, 0.2) is 0 Å². The third-order valence-electron chi connectivity index (χ3n) is 4.07. The Labute approximate surface area is 102 Å². The molecule has 15 heavy (non-hydrogen) atoms. The molecule has 87 valence electrons. The smallest absolute Gasteiger partial charge is 0.110 e. The number of hydrogen-bond donors (Lipinski definition) is 0. The predicted octanol–water partition coefficient (Wildman–Crippen LogP) is 4.66. The monoisotopic (exact) mass is 225 g/mol. The highest BCUT2D eigenvalue weighted by Crippen LogP contribution is 2.47. The van der Waals surface area contributed by atoms with Crippen LogP contribution in [-0.2, 0) is 0 Å². The first-order chi connectivity index (χ1) is 6.98. The molecule has 0 saturated carbocycles. The summed E-state index contributed by atoms with van der Waals surface area (Å²) in [6, 6.07) is 0. The van der Waals surface area contributed by atoms with E-state index in [1.165, 1.54) is 0 Å². The lowest BCUT2D eigenvalue weighted by Crippen LogP contribution is -2.35. The molecule has 0 aromatic rings. The summed E-state index contributed by atoms with van der Waals surface area (Å²) in [5.41, 5.74) is 1.90. The molecular weight excluding hydrogens is 199 g/mol. The zero-order chi connectivity index (χ0) is 12.1. The second-order valence-corrected chi connectivity index (χ2v) is 5.63. The molecule has 0 nitrogen and oxygen atoms in total. The van der Waals surface area contributed by atoms with Gasteiger partial charge < -0.3 is 0 Å². The van der Waals surface area contributed by atoms with Crippen molar-refractivity contribution >= 4 is 19.0 Å². The van der Waals surface area contributed by atoms with Crippen LogP contribution in [-0.4, -0.2) is 18.8 Å². The van der Waals surface area contributed by atoms with Crippen LogP contribution < -0.4 is 0 Å². The summed E-state index contributed by atoms with van der Waals surface area (Å²) in [6.07, 6.45) is 5.69. The van der Waals surface area contributed by atoms with Crippen LogP contribution in [0, 0.1) is 5.41 Å². The molecule has 0 saturated heterocycles. The lowest BCUT2D eigenvalue weighted by atomic mass is 9.52. The van der Waals surface area contributed by atoms with E-state index in [9.17, 15) is 0 Å². The van der Waals surface area contributed by atoms with Crippen molar-refractivity contribution in [2.45, 2.75) is 58.9 Å². The molecule has 0 aliphatic heterocycles. The number of allylic oxidation sites excluding steroid dienone is 2. The zero-order valence-corrected chi connectivity index (χ0v) is 12.2. The van der Waals surface area contributed by atoms with Crippen LogP contribution >= 0.6 is 11.8 Å². The van der Waals surface area contributed by atoms with Gasteiger partial charge in [0.05, 0.1) is 0 Å². The Morgan fingerprint density at radius 3 is 2.27 bits per heavy atom. The molecule has 3 atom stereocenters. The molecule has 0 aromatic heterocycles. The second-order valence-electron chi connectivity index (χ2n) is 4.45. The van der Waals surface area contributed by atoms with Gasteiger partial charge in [0.1, 0.15) is 7.28 Å². The van der Waals surface area contributed by atoms with Crippen molar-refractivity contribution in [3.05, 3.63) is 11.6 Å². The molecule has 0 spiro atoms. The highest BCUT2D eigenvalue weighted by Gasteiger charge is 2.37. The molecule has 0 heterocycles. The average Bonchev–Trinajstić information content (AvgIpc) is 2.27. The van der Waals surface area contributed by atoms with Gasteiger partial charge in [-0.1, -0.05) is 52.0 Å². The summed E-state index contributed by atoms with van der Waals surface area (Å²) in [4.78, 5) is 0. The largest absolute Gasteiger partial charge is 0.161 e. The summed E-state index contributed by atoms with van der Waals surface area (Å²) in [6.45, 7) is 13.7. The van der Waals surface area contributed by atoms with E-state index in [0.29, 0.717) is 16.5 Å². The van der Waals surface area contributed by atoms with E-state index < -0.39 is 0 Å². The quantitative estimate of drug-likeness (QED) is 0.468. The zero-order valence-electron chi connectivity index (χ0n) is 11.4. The van der Waals surface area contributed by atoms with Gasteiger partial charge >= 0.3 is 0 Å². The van der Waals surface area contributed by atoms with Crippen LogP contribution in [0.2, 0.25) is 12.6 Å². The maximum atomic E-state index is 2.41. The Kier molecular flexibility index (Phi) is 6.75. The molecular formula is C13H26BS.